The van der Waals surface area contributed by atoms with Crippen LogP contribution in [0.25, 0.3) is 0 Å². The van der Waals surface area contributed by atoms with E-state index in [2.05, 4.69) is 15.5 Å². The molecule has 1 heterocycles. The maximum Gasteiger partial charge on any atom is 0.293 e. The molecule has 0 spiro atoms. The average molecular weight is 335 g/mol. The number of hydrogen-bond donors (Lipinski definition) is 1. The fourth-order valence-electron chi connectivity index (χ4n) is 1.94. The molecule has 0 radical (unpaired) electrons. The van der Waals surface area contributed by atoms with Crippen molar-refractivity contribution in [2.75, 3.05) is 11.1 Å². The number of carbonyl (C=O) groups is 1. The molecule has 0 saturated carbocycles. The van der Waals surface area contributed by atoms with Gasteiger partial charge >= 0.3 is 0 Å². The maximum atomic E-state index is 12.1. The summed E-state index contributed by atoms with van der Waals surface area (Å²) in [6.45, 7) is 6.29. The Bertz CT molecular complexity index is 744. The van der Waals surface area contributed by atoms with Crippen molar-refractivity contribution in [3.05, 3.63) is 39.7 Å². The second-order valence-corrected chi connectivity index (χ2v) is 5.89. The highest BCUT2D eigenvalue weighted by molar-refractivity contribution is 7.99. The second-order valence-electron chi connectivity index (χ2n) is 4.95. The maximum absolute atomic E-state index is 12.1. The summed E-state index contributed by atoms with van der Waals surface area (Å²) in [4.78, 5) is 22.7. The van der Waals surface area contributed by atoms with Crippen LogP contribution in [0.2, 0.25) is 0 Å². The van der Waals surface area contributed by atoms with E-state index in [1.165, 1.54) is 17.8 Å². The van der Waals surface area contributed by atoms with Gasteiger partial charge in [-0.3, -0.25) is 14.9 Å². The standard InChI is InChI=1S/C14H17N5O3S/c1-4-18-8-15-17-14(18)23-7-13(20)16-11-5-9(2)10(3)6-12(11)19(21)22/h5-6,8H,4,7H2,1-3H3,(H,16,20). The summed E-state index contributed by atoms with van der Waals surface area (Å²) in [5.41, 5.74) is 1.79. The molecule has 122 valence electrons. The highest BCUT2D eigenvalue weighted by atomic mass is 32.2. The lowest BCUT2D eigenvalue weighted by Crippen LogP contribution is -2.16. The summed E-state index contributed by atoms with van der Waals surface area (Å²) in [7, 11) is 0. The Morgan fingerprint density at radius 2 is 2.09 bits per heavy atom. The first-order valence-corrected chi connectivity index (χ1v) is 7.97. The molecule has 23 heavy (non-hydrogen) atoms. The van der Waals surface area contributed by atoms with Crippen molar-refractivity contribution in [1.82, 2.24) is 14.8 Å². The summed E-state index contributed by atoms with van der Waals surface area (Å²) in [6, 6.07) is 3.08. The van der Waals surface area contributed by atoms with Crippen LogP contribution in [0, 0.1) is 24.0 Å². The van der Waals surface area contributed by atoms with E-state index < -0.39 is 4.92 Å². The molecule has 2 rings (SSSR count). The number of aromatic nitrogens is 3. The molecule has 1 aromatic carbocycles. The lowest BCUT2D eigenvalue weighted by atomic mass is 10.1. The number of hydrogen-bond acceptors (Lipinski definition) is 6. The van der Waals surface area contributed by atoms with E-state index in [0.717, 1.165) is 11.1 Å². The van der Waals surface area contributed by atoms with Crippen LogP contribution >= 0.6 is 11.8 Å². The van der Waals surface area contributed by atoms with Gasteiger partial charge in [0.1, 0.15) is 12.0 Å². The number of nitrogens with zero attached hydrogens (tertiary/aromatic N) is 4. The third-order valence-corrected chi connectivity index (χ3v) is 4.32. The largest absolute Gasteiger partial charge is 0.320 e. The van der Waals surface area contributed by atoms with Gasteiger partial charge in [-0.1, -0.05) is 11.8 Å². The summed E-state index contributed by atoms with van der Waals surface area (Å²) >= 11 is 1.23. The van der Waals surface area contributed by atoms with Gasteiger partial charge in [-0.15, -0.1) is 10.2 Å². The number of anilines is 1. The lowest BCUT2D eigenvalue weighted by molar-refractivity contribution is -0.384. The van der Waals surface area contributed by atoms with Crippen molar-refractivity contribution in [2.45, 2.75) is 32.5 Å². The van der Waals surface area contributed by atoms with Crippen LogP contribution in [0.5, 0.6) is 0 Å². The van der Waals surface area contributed by atoms with Gasteiger partial charge in [0.05, 0.1) is 10.7 Å². The molecule has 2 aromatic rings. The minimum Gasteiger partial charge on any atom is -0.320 e. The Morgan fingerprint density at radius 3 is 2.74 bits per heavy atom. The molecule has 0 aliphatic carbocycles. The number of nitrogens with one attached hydrogen (secondary N) is 1. The number of carbonyl (C=O) groups excluding carboxylic acids is 1. The lowest BCUT2D eigenvalue weighted by Gasteiger charge is -2.09. The zero-order chi connectivity index (χ0) is 17.0. The number of aryl methyl sites for hydroxylation is 3. The number of thioether (sulfide) groups is 1. The average Bonchev–Trinajstić information content (AvgIpc) is 2.95. The molecule has 8 nitrogen and oxygen atoms in total. The van der Waals surface area contributed by atoms with Crippen LogP contribution in [0.3, 0.4) is 0 Å². The van der Waals surface area contributed by atoms with Crippen molar-refractivity contribution < 1.29 is 9.72 Å². The Morgan fingerprint density at radius 1 is 1.39 bits per heavy atom. The van der Waals surface area contributed by atoms with Gasteiger partial charge in [0.15, 0.2) is 5.16 Å². The van der Waals surface area contributed by atoms with Crippen LogP contribution < -0.4 is 5.32 Å². The fourth-order valence-corrected chi connectivity index (χ4v) is 2.72. The Balaban J connectivity index is 2.08. The quantitative estimate of drug-likeness (QED) is 0.494. The molecule has 0 atom stereocenters. The number of nitro benzene ring substituents is 1. The van der Waals surface area contributed by atoms with E-state index in [-0.39, 0.29) is 23.0 Å². The predicted octanol–water partition coefficient (Wildman–Crippen LogP) is 2.55. The molecule has 0 fully saturated rings. The van der Waals surface area contributed by atoms with E-state index in [1.54, 1.807) is 19.3 Å². The topological polar surface area (TPSA) is 103 Å². The predicted molar refractivity (Wildman–Crippen MR) is 87.6 cm³/mol. The zero-order valence-electron chi connectivity index (χ0n) is 13.1. The molecular formula is C14H17N5O3S. The monoisotopic (exact) mass is 335 g/mol. The number of benzene rings is 1. The fraction of sp³-hybridized carbons (Fsp3) is 0.357. The van der Waals surface area contributed by atoms with Gasteiger partial charge in [0, 0.05) is 12.6 Å². The van der Waals surface area contributed by atoms with Crippen LogP contribution in [0.1, 0.15) is 18.1 Å². The smallest absolute Gasteiger partial charge is 0.293 e. The zero-order valence-corrected chi connectivity index (χ0v) is 13.9. The van der Waals surface area contributed by atoms with Gasteiger partial charge in [-0.2, -0.15) is 0 Å². The Kier molecular flexibility index (Phi) is 5.32. The number of rotatable bonds is 6. The van der Waals surface area contributed by atoms with Crippen LogP contribution in [0.15, 0.2) is 23.6 Å². The molecule has 1 amide bonds. The number of amides is 1. The first-order chi connectivity index (χ1) is 10.9. The van der Waals surface area contributed by atoms with Crippen molar-refractivity contribution in [3.63, 3.8) is 0 Å². The Hall–Kier alpha value is -2.42. The number of nitro groups is 1. The van der Waals surface area contributed by atoms with E-state index in [9.17, 15) is 14.9 Å². The van der Waals surface area contributed by atoms with Crippen LogP contribution in [-0.4, -0.2) is 31.3 Å². The van der Waals surface area contributed by atoms with Crippen molar-refractivity contribution in [3.8, 4) is 0 Å². The van der Waals surface area contributed by atoms with Gasteiger partial charge in [-0.05, 0) is 38.0 Å². The Labute approximate surface area is 137 Å². The van der Waals surface area contributed by atoms with Gasteiger partial charge in [0.2, 0.25) is 5.91 Å². The molecular weight excluding hydrogens is 318 g/mol. The van der Waals surface area contributed by atoms with E-state index in [4.69, 9.17) is 0 Å². The first kappa shape index (κ1) is 16.9. The molecule has 9 heteroatoms. The van der Waals surface area contributed by atoms with Crippen LogP contribution in [-0.2, 0) is 11.3 Å². The van der Waals surface area contributed by atoms with Gasteiger partial charge in [-0.25, -0.2) is 0 Å². The minimum atomic E-state index is -0.497. The molecule has 0 bridgehead atoms. The highest BCUT2D eigenvalue weighted by Gasteiger charge is 2.18. The normalized spacial score (nSPS) is 10.6. The third-order valence-electron chi connectivity index (χ3n) is 3.34. The van der Waals surface area contributed by atoms with Gasteiger partial charge < -0.3 is 9.88 Å². The van der Waals surface area contributed by atoms with Crippen molar-refractivity contribution >= 4 is 29.0 Å². The highest BCUT2D eigenvalue weighted by Crippen LogP contribution is 2.28. The summed E-state index contributed by atoms with van der Waals surface area (Å²) in [5.74, 6) is -0.227. The molecule has 0 aliphatic rings. The SMILES string of the molecule is CCn1cnnc1SCC(=O)Nc1cc(C)c(C)cc1[N+](=O)[O-]. The van der Waals surface area contributed by atoms with Crippen LogP contribution in [0.4, 0.5) is 11.4 Å². The molecule has 0 aliphatic heterocycles. The molecule has 1 N–H and O–H groups in total. The van der Waals surface area contributed by atoms with E-state index in [0.29, 0.717) is 11.7 Å². The van der Waals surface area contributed by atoms with E-state index >= 15 is 0 Å². The second kappa shape index (κ2) is 7.23. The van der Waals surface area contributed by atoms with Crippen molar-refractivity contribution in [1.29, 1.82) is 0 Å². The summed E-state index contributed by atoms with van der Waals surface area (Å²) in [5, 5.41) is 22.1. The summed E-state index contributed by atoms with van der Waals surface area (Å²) < 4.78 is 1.82. The molecule has 1 aromatic heterocycles. The minimum absolute atomic E-state index is 0.1000. The first-order valence-electron chi connectivity index (χ1n) is 6.98. The molecule has 0 unspecified atom stereocenters. The third kappa shape index (κ3) is 4.07. The van der Waals surface area contributed by atoms with Gasteiger partial charge in [0.25, 0.3) is 5.69 Å². The molecule has 0 saturated heterocycles. The van der Waals surface area contributed by atoms with Crippen molar-refractivity contribution in [2.24, 2.45) is 0 Å². The van der Waals surface area contributed by atoms with E-state index in [1.807, 2.05) is 18.4 Å². The summed E-state index contributed by atoms with van der Waals surface area (Å²) in [6.07, 6.45) is 1.59.